The average Bonchev–Trinajstić information content (AvgIpc) is 3.04. The van der Waals surface area contributed by atoms with E-state index in [9.17, 15) is 19.2 Å². The molecule has 1 unspecified atom stereocenters. The van der Waals surface area contributed by atoms with Crippen LogP contribution >= 0.6 is 0 Å². The summed E-state index contributed by atoms with van der Waals surface area (Å²) in [5, 5.41) is 0. The van der Waals surface area contributed by atoms with E-state index in [0.29, 0.717) is 12.8 Å². The van der Waals surface area contributed by atoms with E-state index in [2.05, 4.69) is 53.2 Å². The number of rotatable bonds is 6. The Bertz CT molecular complexity index is 1510. The molecule has 0 saturated heterocycles. The van der Waals surface area contributed by atoms with Crippen LogP contribution < -0.4 is 0 Å². The first-order valence-electron chi connectivity index (χ1n) is 18.2. The van der Waals surface area contributed by atoms with Crippen LogP contribution in [0.1, 0.15) is 112 Å². The van der Waals surface area contributed by atoms with Gasteiger partial charge in [0, 0.05) is 5.92 Å². The van der Waals surface area contributed by atoms with Gasteiger partial charge >= 0.3 is 17.9 Å². The molecule has 48 heavy (non-hydrogen) atoms. The molecule has 0 aliphatic heterocycles. The van der Waals surface area contributed by atoms with Crippen molar-refractivity contribution >= 4 is 23.7 Å². The van der Waals surface area contributed by atoms with Crippen LogP contribution in [0.4, 0.5) is 0 Å². The molecule has 0 amide bonds. The molecule has 7 nitrogen and oxygen atoms in total. The van der Waals surface area contributed by atoms with Gasteiger partial charge in [0.15, 0.2) is 12.4 Å². The number of allylic oxidation sites excluding steroid dienone is 2. The fourth-order valence-electron chi connectivity index (χ4n) is 12.0. The molecular weight excluding hydrogens is 604 g/mol. The molecule has 5 aliphatic rings. The molecule has 262 valence electrons. The Labute approximate surface area is 286 Å². The van der Waals surface area contributed by atoms with E-state index in [4.69, 9.17) is 9.47 Å². The van der Waals surface area contributed by atoms with Gasteiger partial charge in [-0.3, -0.25) is 14.4 Å². The lowest BCUT2D eigenvalue weighted by Gasteiger charge is -2.70. The maximum absolute atomic E-state index is 14.8. The molecular formula is C41H56O7. The Hall–Kier alpha value is -2.96. The summed E-state index contributed by atoms with van der Waals surface area (Å²) >= 11 is 0. The lowest BCUT2D eigenvalue weighted by Crippen LogP contribution is -2.66. The third-order valence-corrected chi connectivity index (χ3v) is 15.2. The first-order valence-corrected chi connectivity index (χ1v) is 18.2. The highest BCUT2D eigenvalue weighted by molar-refractivity contribution is 5.96. The summed E-state index contributed by atoms with van der Waals surface area (Å²) in [7, 11) is 1.29. The van der Waals surface area contributed by atoms with Crippen molar-refractivity contribution in [3.05, 3.63) is 47.5 Å². The van der Waals surface area contributed by atoms with Gasteiger partial charge in [0.25, 0.3) is 0 Å². The quantitative estimate of drug-likeness (QED) is 0.225. The predicted molar refractivity (Wildman–Crippen MR) is 182 cm³/mol. The number of fused-ring (bicyclic) bond motifs is 7. The largest absolute Gasteiger partial charge is 0.466 e. The van der Waals surface area contributed by atoms with Crippen LogP contribution in [0.3, 0.4) is 0 Å². The van der Waals surface area contributed by atoms with E-state index in [1.807, 2.05) is 36.4 Å². The number of methoxy groups -OCH3 is 1. The highest BCUT2D eigenvalue weighted by Crippen LogP contribution is 2.75. The maximum atomic E-state index is 14.8. The second-order valence-corrected chi connectivity index (χ2v) is 17.9. The molecule has 7 heteroatoms. The number of ketones is 1. The van der Waals surface area contributed by atoms with Crippen molar-refractivity contribution in [3.63, 3.8) is 0 Å². The highest BCUT2D eigenvalue weighted by Gasteiger charge is 2.70. The van der Waals surface area contributed by atoms with E-state index in [0.717, 1.165) is 50.5 Å². The van der Waals surface area contributed by atoms with Crippen molar-refractivity contribution < 1.29 is 33.4 Å². The molecule has 0 aromatic heterocycles. The summed E-state index contributed by atoms with van der Waals surface area (Å²) in [5.74, 6) is -1.03. The van der Waals surface area contributed by atoms with E-state index >= 15 is 0 Å². The molecule has 5 aliphatic carbocycles. The second-order valence-electron chi connectivity index (χ2n) is 17.9. The average molecular weight is 661 g/mol. The fraction of sp³-hybridized carbons (Fsp3) is 0.707. The van der Waals surface area contributed by atoms with Crippen LogP contribution in [0, 0.1) is 56.2 Å². The van der Waals surface area contributed by atoms with Crippen molar-refractivity contribution in [2.45, 2.75) is 113 Å². The zero-order chi connectivity index (χ0) is 34.9. The van der Waals surface area contributed by atoms with Gasteiger partial charge in [0.05, 0.1) is 18.4 Å². The number of carbonyl (C=O) groups excluding carboxylic acids is 4. The Morgan fingerprint density at radius 2 is 1.52 bits per heavy atom. The SMILES string of the molecule is COC(=O)COC(=O)[C@H]1CC[C@]2(C)C3C(=O)C=C4[C@@H]5C[C@@](C)(C(=O)OCc6ccccc6)CC[C@]5(C)CC[C@@]4(C)[C@]3(C)CC[C@H]2C1(C)C. The molecule has 0 N–H and O–H groups in total. The number of ether oxygens (including phenoxy) is 3. The number of hydrogen-bond acceptors (Lipinski definition) is 7. The molecule has 0 spiro atoms. The summed E-state index contributed by atoms with van der Waals surface area (Å²) in [4.78, 5) is 53.5. The van der Waals surface area contributed by atoms with Crippen LogP contribution in [0.5, 0.6) is 0 Å². The topological polar surface area (TPSA) is 96.0 Å². The van der Waals surface area contributed by atoms with Crippen molar-refractivity contribution in [1.29, 1.82) is 0 Å². The highest BCUT2D eigenvalue weighted by atomic mass is 16.6. The maximum Gasteiger partial charge on any atom is 0.344 e. The zero-order valence-electron chi connectivity index (χ0n) is 30.4. The molecule has 0 bridgehead atoms. The lowest BCUT2D eigenvalue weighted by molar-refractivity contribution is -0.200. The van der Waals surface area contributed by atoms with E-state index in [1.54, 1.807) is 0 Å². The monoisotopic (exact) mass is 660 g/mol. The van der Waals surface area contributed by atoms with Gasteiger partial charge in [-0.25, -0.2) is 4.79 Å². The summed E-state index contributed by atoms with van der Waals surface area (Å²) in [5.41, 5.74) is 0.604. The third kappa shape index (κ3) is 5.19. The van der Waals surface area contributed by atoms with Gasteiger partial charge in [0.2, 0.25) is 0 Å². The Balaban J connectivity index is 1.28. The molecule has 6 rings (SSSR count). The molecule has 4 fully saturated rings. The van der Waals surface area contributed by atoms with Crippen molar-refractivity contribution in [3.8, 4) is 0 Å². The smallest absolute Gasteiger partial charge is 0.344 e. The molecule has 9 atom stereocenters. The van der Waals surface area contributed by atoms with E-state index in [-0.39, 0.29) is 76.3 Å². The van der Waals surface area contributed by atoms with Gasteiger partial charge in [-0.05, 0) is 115 Å². The van der Waals surface area contributed by atoms with Crippen LogP contribution in [-0.4, -0.2) is 37.4 Å². The van der Waals surface area contributed by atoms with Crippen molar-refractivity contribution in [1.82, 2.24) is 0 Å². The van der Waals surface area contributed by atoms with E-state index in [1.165, 1.54) is 12.7 Å². The second kappa shape index (κ2) is 11.8. The van der Waals surface area contributed by atoms with Crippen LogP contribution in [-0.2, 0) is 40.0 Å². The summed E-state index contributed by atoms with van der Waals surface area (Å²) < 4.78 is 16.0. The van der Waals surface area contributed by atoms with Gasteiger partial charge < -0.3 is 14.2 Å². The molecule has 4 saturated carbocycles. The minimum atomic E-state index is -0.604. The Morgan fingerprint density at radius 3 is 2.21 bits per heavy atom. The predicted octanol–water partition coefficient (Wildman–Crippen LogP) is 8.04. The van der Waals surface area contributed by atoms with Crippen LogP contribution in [0.2, 0.25) is 0 Å². The molecule has 0 radical (unpaired) electrons. The number of carbonyl (C=O) groups is 4. The number of esters is 3. The van der Waals surface area contributed by atoms with Gasteiger partial charge in [-0.1, -0.05) is 77.4 Å². The lowest BCUT2D eigenvalue weighted by atomic mass is 9.33. The van der Waals surface area contributed by atoms with Crippen molar-refractivity contribution in [2.75, 3.05) is 13.7 Å². The molecule has 1 aromatic rings. The van der Waals surface area contributed by atoms with Gasteiger partial charge in [0.1, 0.15) is 6.61 Å². The van der Waals surface area contributed by atoms with Crippen molar-refractivity contribution in [2.24, 2.45) is 56.2 Å². The van der Waals surface area contributed by atoms with Crippen LogP contribution in [0.15, 0.2) is 42.0 Å². The minimum absolute atomic E-state index is 0.0414. The first-order chi connectivity index (χ1) is 22.4. The summed E-state index contributed by atoms with van der Waals surface area (Å²) in [6, 6.07) is 9.85. The first kappa shape index (κ1) is 34.9. The van der Waals surface area contributed by atoms with E-state index < -0.39 is 16.8 Å². The minimum Gasteiger partial charge on any atom is -0.466 e. The van der Waals surface area contributed by atoms with Gasteiger partial charge in [-0.15, -0.1) is 0 Å². The standard InChI is InChI=1S/C41H56O7/c1-36(2)27(34(44)47-25-32(43)46-8)14-16-39(5)31(36)15-17-41(7)33(39)30(42)22-28-29-23-38(4,19-18-37(29,3)20-21-40(28,41)6)35(45)48-24-26-12-10-9-11-13-26/h9-13,22,27,29,31,33H,14-21,23-25H2,1-8H3/t27-,29+,31+,33?,37-,38+,39+,40-,41-/m1/s1. The zero-order valence-corrected chi connectivity index (χ0v) is 30.4. The van der Waals surface area contributed by atoms with Gasteiger partial charge in [-0.2, -0.15) is 0 Å². The summed E-state index contributed by atoms with van der Waals surface area (Å²) in [6.45, 7) is 15.8. The Kier molecular flexibility index (Phi) is 8.60. The normalized spacial score (nSPS) is 41.3. The van der Waals surface area contributed by atoms with Crippen LogP contribution in [0.25, 0.3) is 0 Å². The fourth-order valence-corrected chi connectivity index (χ4v) is 12.0. The number of hydrogen-bond donors (Lipinski definition) is 0. The third-order valence-electron chi connectivity index (χ3n) is 15.2. The summed E-state index contributed by atoms with van der Waals surface area (Å²) in [6.07, 6.45) is 9.81. The molecule has 1 aromatic carbocycles. The number of benzene rings is 1. The Morgan fingerprint density at radius 1 is 0.833 bits per heavy atom. The molecule has 0 heterocycles.